The molecule has 1 aromatic heterocycles. The SMILES string of the molecule is CCc1nn(C)cc1CN1C(=O)CC(c2cccc(Cl)c2)NC1=O. The number of carbonyl (C=O) groups excluding carboxylic acids is 2. The number of nitrogens with zero attached hydrogens (tertiary/aromatic N) is 3. The van der Waals surface area contributed by atoms with Gasteiger partial charge in [-0.3, -0.25) is 14.4 Å². The van der Waals surface area contributed by atoms with Crippen molar-refractivity contribution in [2.75, 3.05) is 0 Å². The zero-order valence-electron chi connectivity index (χ0n) is 13.6. The van der Waals surface area contributed by atoms with E-state index >= 15 is 0 Å². The normalized spacial score (nSPS) is 18.0. The van der Waals surface area contributed by atoms with Crippen LogP contribution in [0.25, 0.3) is 0 Å². The number of aryl methyl sites for hydroxylation is 2. The maximum Gasteiger partial charge on any atom is 0.324 e. The number of amides is 3. The number of aromatic nitrogens is 2. The fourth-order valence-electron chi connectivity index (χ4n) is 2.94. The highest BCUT2D eigenvalue weighted by atomic mass is 35.5. The number of imide groups is 1. The lowest BCUT2D eigenvalue weighted by molar-refractivity contribution is -0.130. The molecule has 2 heterocycles. The van der Waals surface area contributed by atoms with Crippen LogP contribution in [0.15, 0.2) is 30.5 Å². The third kappa shape index (κ3) is 3.28. The average molecular weight is 347 g/mol. The van der Waals surface area contributed by atoms with Crippen LogP contribution >= 0.6 is 11.6 Å². The molecule has 0 aliphatic carbocycles. The van der Waals surface area contributed by atoms with E-state index in [2.05, 4.69) is 10.4 Å². The first-order valence-corrected chi connectivity index (χ1v) is 8.23. The number of nitrogens with one attached hydrogen (secondary N) is 1. The van der Waals surface area contributed by atoms with E-state index in [0.29, 0.717) is 5.02 Å². The van der Waals surface area contributed by atoms with Crippen molar-refractivity contribution in [1.82, 2.24) is 20.0 Å². The minimum absolute atomic E-state index is 0.199. The molecule has 1 fully saturated rings. The Morgan fingerprint density at radius 2 is 2.17 bits per heavy atom. The van der Waals surface area contributed by atoms with Gasteiger partial charge in [0.2, 0.25) is 5.91 Å². The largest absolute Gasteiger partial charge is 0.330 e. The van der Waals surface area contributed by atoms with E-state index in [1.165, 1.54) is 4.90 Å². The second-order valence-electron chi connectivity index (χ2n) is 5.87. The minimum atomic E-state index is -0.387. The summed E-state index contributed by atoms with van der Waals surface area (Å²) >= 11 is 5.99. The topological polar surface area (TPSA) is 67.2 Å². The molecule has 1 atom stereocenters. The van der Waals surface area contributed by atoms with Crippen molar-refractivity contribution in [3.63, 3.8) is 0 Å². The maximum atomic E-state index is 12.5. The smallest absolute Gasteiger partial charge is 0.324 e. The van der Waals surface area contributed by atoms with Gasteiger partial charge in [-0.15, -0.1) is 0 Å². The van der Waals surface area contributed by atoms with Crippen LogP contribution in [0.2, 0.25) is 5.02 Å². The van der Waals surface area contributed by atoms with E-state index in [1.54, 1.807) is 16.8 Å². The van der Waals surface area contributed by atoms with Gasteiger partial charge < -0.3 is 5.32 Å². The lowest BCUT2D eigenvalue weighted by Crippen LogP contribution is -2.50. The van der Waals surface area contributed by atoms with E-state index < -0.39 is 0 Å². The molecule has 2 aromatic rings. The quantitative estimate of drug-likeness (QED) is 0.925. The first-order chi connectivity index (χ1) is 11.5. The molecular formula is C17H19ClN4O2. The molecule has 0 radical (unpaired) electrons. The molecule has 0 saturated carbocycles. The summed E-state index contributed by atoms with van der Waals surface area (Å²) in [5.41, 5.74) is 2.62. The number of carbonyl (C=O) groups is 2. The van der Waals surface area contributed by atoms with E-state index in [1.807, 2.05) is 32.3 Å². The zero-order valence-corrected chi connectivity index (χ0v) is 14.4. The molecule has 7 heteroatoms. The summed E-state index contributed by atoms with van der Waals surface area (Å²) in [5.74, 6) is -0.199. The summed E-state index contributed by atoms with van der Waals surface area (Å²) in [5, 5.41) is 7.82. The molecule has 0 spiro atoms. The third-order valence-corrected chi connectivity index (χ3v) is 4.36. The Labute approximate surface area is 145 Å². The fraction of sp³-hybridized carbons (Fsp3) is 0.353. The lowest BCUT2D eigenvalue weighted by Gasteiger charge is -2.31. The minimum Gasteiger partial charge on any atom is -0.330 e. The molecule has 1 aliphatic heterocycles. The summed E-state index contributed by atoms with van der Waals surface area (Å²) in [6, 6.07) is 6.46. The van der Waals surface area contributed by atoms with Gasteiger partial charge in [0.15, 0.2) is 0 Å². The summed E-state index contributed by atoms with van der Waals surface area (Å²) in [6.45, 7) is 2.24. The second kappa shape index (κ2) is 6.65. The van der Waals surface area contributed by atoms with Gasteiger partial charge in [0.05, 0.1) is 24.7 Å². The van der Waals surface area contributed by atoms with Crippen LogP contribution in [0.3, 0.4) is 0 Å². The van der Waals surface area contributed by atoms with Crippen molar-refractivity contribution < 1.29 is 9.59 Å². The van der Waals surface area contributed by atoms with Gasteiger partial charge in [-0.05, 0) is 24.1 Å². The molecular weight excluding hydrogens is 328 g/mol. The van der Waals surface area contributed by atoms with Gasteiger partial charge in [-0.25, -0.2) is 4.79 Å². The van der Waals surface area contributed by atoms with E-state index in [0.717, 1.165) is 23.2 Å². The van der Waals surface area contributed by atoms with Gasteiger partial charge in [-0.2, -0.15) is 5.10 Å². The predicted molar refractivity (Wildman–Crippen MR) is 90.5 cm³/mol. The van der Waals surface area contributed by atoms with Gasteiger partial charge in [0.1, 0.15) is 0 Å². The molecule has 1 unspecified atom stereocenters. The van der Waals surface area contributed by atoms with E-state index in [-0.39, 0.29) is 30.9 Å². The molecule has 24 heavy (non-hydrogen) atoms. The molecule has 1 aromatic carbocycles. The summed E-state index contributed by atoms with van der Waals surface area (Å²) in [6.07, 6.45) is 2.82. The van der Waals surface area contributed by atoms with Crippen molar-refractivity contribution in [2.24, 2.45) is 7.05 Å². The standard InChI is InChI=1S/C17H19ClN4O2/c1-3-14-12(9-21(2)20-14)10-22-16(23)8-15(19-17(22)24)11-5-4-6-13(18)7-11/h4-7,9,15H,3,8,10H2,1-2H3,(H,19,24). The first kappa shape index (κ1) is 16.5. The van der Waals surface area contributed by atoms with Crippen LogP contribution < -0.4 is 5.32 Å². The number of hydrogen-bond donors (Lipinski definition) is 1. The second-order valence-corrected chi connectivity index (χ2v) is 6.31. The summed E-state index contributed by atoms with van der Waals surface area (Å²) < 4.78 is 1.70. The predicted octanol–water partition coefficient (Wildman–Crippen LogP) is 2.82. The Morgan fingerprint density at radius 1 is 1.38 bits per heavy atom. The van der Waals surface area contributed by atoms with Crippen LogP contribution in [-0.2, 0) is 24.8 Å². The molecule has 1 N–H and O–H groups in total. The maximum absolute atomic E-state index is 12.5. The van der Waals surface area contributed by atoms with E-state index in [4.69, 9.17) is 11.6 Å². The van der Waals surface area contributed by atoms with Crippen LogP contribution in [0, 0.1) is 0 Å². The monoisotopic (exact) mass is 346 g/mol. The Balaban J connectivity index is 1.76. The zero-order chi connectivity index (χ0) is 17.3. The average Bonchev–Trinajstić information content (AvgIpc) is 2.90. The highest BCUT2D eigenvalue weighted by molar-refractivity contribution is 6.30. The molecule has 3 rings (SSSR count). The third-order valence-electron chi connectivity index (χ3n) is 4.13. The number of hydrogen-bond acceptors (Lipinski definition) is 3. The Morgan fingerprint density at radius 3 is 2.83 bits per heavy atom. The van der Waals surface area contributed by atoms with Crippen molar-refractivity contribution in [1.29, 1.82) is 0 Å². The summed E-state index contributed by atoms with van der Waals surface area (Å²) in [7, 11) is 1.83. The Kier molecular flexibility index (Phi) is 4.57. The molecule has 1 saturated heterocycles. The number of rotatable bonds is 4. The Bertz CT molecular complexity index is 769. The fourth-order valence-corrected chi connectivity index (χ4v) is 3.14. The van der Waals surface area contributed by atoms with Gasteiger partial charge in [-0.1, -0.05) is 30.7 Å². The lowest BCUT2D eigenvalue weighted by atomic mass is 10.0. The Hall–Kier alpha value is -2.34. The van der Waals surface area contributed by atoms with Crippen LogP contribution in [0.1, 0.15) is 36.2 Å². The van der Waals surface area contributed by atoms with Gasteiger partial charge in [0.25, 0.3) is 0 Å². The van der Waals surface area contributed by atoms with Crippen LogP contribution in [-0.4, -0.2) is 26.6 Å². The van der Waals surface area contributed by atoms with E-state index in [9.17, 15) is 9.59 Å². The number of urea groups is 1. The molecule has 1 aliphatic rings. The molecule has 0 bridgehead atoms. The number of benzene rings is 1. The number of halogens is 1. The first-order valence-electron chi connectivity index (χ1n) is 7.85. The highest BCUT2D eigenvalue weighted by Gasteiger charge is 2.33. The van der Waals surface area contributed by atoms with Crippen LogP contribution in [0.5, 0.6) is 0 Å². The van der Waals surface area contributed by atoms with Crippen molar-refractivity contribution in [3.8, 4) is 0 Å². The highest BCUT2D eigenvalue weighted by Crippen LogP contribution is 2.25. The van der Waals surface area contributed by atoms with Gasteiger partial charge in [0, 0.05) is 23.8 Å². The van der Waals surface area contributed by atoms with Gasteiger partial charge >= 0.3 is 6.03 Å². The van der Waals surface area contributed by atoms with Crippen LogP contribution in [0.4, 0.5) is 4.79 Å². The molecule has 6 nitrogen and oxygen atoms in total. The molecule has 126 valence electrons. The van der Waals surface area contributed by atoms with Crippen molar-refractivity contribution >= 4 is 23.5 Å². The summed E-state index contributed by atoms with van der Waals surface area (Å²) in [4.78, 5) is 26.2. The molecule has 3 amide bonds. The van der Waals surface area contributed by atoms with Crippen molar-refractivity contribution in [2.45, 2.75) is 32.4 Å². The van der Waals surface area contributed by atoms with Crippen molar-refractivity contribution in [3.05, 3.63) is 52.3 Å².